The average molecular weight is 172 g/mol. The van der Waals surface area contributed by atoms with E-state index in [0.29, 0.717) is 0 Å². The summed E-state index contributed by atoms with van der Waals surface area (Å²) in [6, 6.07) is 0. The molecular weight excluding hydrogens is 148 g/mol. The highest BCUT2D eigenvalue weighted by molar-refractivity contribution is 4.61. The van der Waals surface area contributed by atoms with Gasteiger partial charge < -0.3 is 4.74 Å². The number of rotatable bonds is 7. The second-order valence-corrected chi connectivity index (χ2v) is 3.86. The number of ether oxygens (including phenoxy) is 1. The molecule has 2 atom stereocenters. The summed E-state index contributed by atoms with van der Waals surface area (Å²) in [5, 5.41) is 0. The molecule has 1 heteroatoms. The van der Waals surface area contributed by atoms with Crippen LogP contribution in [0, 0.1) is 11.8 Å². The quantitative estimate of drug-likeness (QED) is 0.571. The first-order valence-corrected chi connectivity index (χ1v) is 5.23. The molecule has 0 spiro atoms. The molecule has 0 rings (SSSR count). The van der Waals surface area contributed by atoms with Crippen LogP contribution >= 0.6 is 0 Å². The second-order valence-electron chi connectivity index (χ2n) is 3.86. The Bertz CT molecular complexity index is 85.0. The van der Waals surface area contributed by atoms with Crippen LogP contribution in [-0.2, 0) is 4.74 Å². The minimum Gasteiger partial charge on any atom is -0.384 e. The molecule has 74 valence electrons. The molecule has 0 aliphatic carbocycles. The van der Waals surface area contributed by atoms with E-state index >= 15 is 0 Å². The van der Waals surface area contributed by atoms with Crippen LogP contribution in [0.25, 0.3) is 0 Å². The van der Waals surface area contributed by atoms with E-state index in [2.05, 4.69) is 20.8 Å². The van der Waals surface area contributed by atoms with E-state index in [1.807, 2.05) is 0 Å². The van der Waals surface area contributed by atoms with E-state index in [0.717, 1.165) is 18.4 Å². The Balaban J connectivity index is 3.61. The molecule has 12 heavy (non-hydrogen) atoms. The lowest BCUT2D eigenvalue weighted by molar-refractivity contribution is 0.133. The fraction of sp³-hybridized carbons (Fsp3) is 1.00. The summed E-state index contributed by atoms with van der Waals surface area (Å²) >= 11 is 0. The van der Waals surface area contributed by atoms with Gasteiger partial charge in [0.2, 0.25) is 0 Å². The van der Waals surface area contributed by atoms with E-state index in [-0.39, 0.29) is 0 Å². The van der Waals surface area contributed by atoms with Gasteiger partial charge in [-0.05, 0) is 24.7 Å². The van der Waals surface area contributed by atoms with Crippen LogP contribution in [0.5, 0.6) is 0 Å². The SMILES string of the molecule is CCCC(COC)CC(C)CC. The molecule has 0 aromatic carbocycles. The van der Waals surface area contributed by atoms with Crippen LogP contribution in [0.15, 0.2) is 0 Å². The highest BCUT2D eigenvalue weighted by Gasteiger charge is 2.10. The van der Waals surface area contributed by atoms with Crippen molar-refractivity contribution in [1.29, 1.82) is 0 Å². The van der Waals surface area contributed by atoms with E-state index < -0.39 is 0 Å². The third-order valence-corrected chi connectivity index (χ3v) is 2.53. The summed E-state index contributed by atoms with van der Waals surface area (Å²) in [5.74, 6) is 1.65. The van der Waals surface area contributed by atoms with Gasteiger partial charge in [0.05, 0.1) is 0 Å². The molecule has 0 heterocycles. The first-order chi connectivity index (χ1) is 5.74. The van der Waals surface area contributed by atoms with Gasteiger partial charge in [0.15, 0.2) is 0 Å². The van der Waals surface area contributed by atoms with E-state index in [1.54, 1.807) is 7.11 Å². The molecule has 0 amide bonds. The monoisotopic (exact) mass is 172 g/mol. The first kappa shape index (κ1) is 12.0. The molecule has 0 fully saturated rings. The molecule has 1 nitrogen and oxygen atoms in total. The minimum absolute atomic E-state index is 0.787. The van der Waals surface area contributed by atoms with E-state index in [9.17, 15) is 0 Å². The molecule has 0 saturated carbocycles. The van der Waals surface area contributed by atoms with Gasteiger partial charge in [-0.3, -0.25) is 0 Å². The summed E-state index contributed by atoms with van der Waals surface area (Å²) in [6.07, 6.45) is 5.23. The van der Waals surface area contributed by atoms with Gasteiger partial charge in [-0.2, -0.15) is 0 Å². The van der Waals surface area contributed by atoms with Gasteiger partial charge in [0.1, 0.15) is 0 Å². The molecule has 0 aromatic heterocycles. The maximum atomic E-state index is 5.20. The van der Waals surface area contributed by atoms with Crippen LogP contribution in [-0.4, -0.2) is 13.7 Å². The molecule has 0 aromatic rings. The molecule has 0 aliphatic heterocycles. The van der Waals surface area contributed by atoms with Gasteiger partial charge in [-0.25, -0.2) is 0 Å². The maximum absolute atomic E-state index is 5.20. The first-order valence-electron chi connectivity index (χ1n) is 5.23. The van der Waals surface area contributed by atoms with Crippen molar-refractivity contribution >= 4 is 0 Å². The van der Waals surface area contributed by atoms with Gasteiger partial charge in [0.25, 0.3) is 0 Å². The third kappa shape index (κ3) is 5.59. The van der Waals surface area contributed by atoms with Crippen molar-refractivity contribution in [3.63, 3.8) is 0 Å². The predicted octanol–water partition coefficient (Wildman–Crippen LogP) is 3.49. The van der Waals surface area contributed by atoms with Crippen molar-refractivity contribution in [3.8, 4) is 0 Å². The van der Waals surface area contributed by atoms with Gasteiger partial charge in [0, 0.05) is 13.7 Å². The summed E-state index contributed by atoms with van der Waals surface area (Å²) in [4.78, 5) is 0. The van der Waals surface area contributed by atoms with Gasteiger partial charge in [-0.15, -0.1) is 0 Å². The lowest BCUT2D eigenvalue weighted by atomic mass is 9.91. The van der Waals surface area contributed by atoms with Crippen LogP contribution in [0.3, 0.4) is 0 Å². The van der Waals surface area contributed by atoms with Crippen LogP contribution in [0.2, 0.25) is 0 Å². The highest BCUT2D eigenvalue weighted by Crippen LogP contribution is 2.19. The Morgan fingerprint density at radius 2 is 1.92 bits per heavy atom. The summed E-state index contributed by atoms with van der Waals surface area (Å²) < 4.78 is 5.20. The van der Waals surface area contributed by atoms with E-state index in [4.69, 9.17) is 4.74 Å². The summed E-state index contributed by atoms with van der Waals surface area (Å²) in [6.45, 7) is 7.79. The topological polar surface area (TPSA) is 9.23 Å². The Kier molecular flexibility index (Phi) is 7.58. The molecular formula is C11H24O. The molecule has 2 unspecified atom stereocenters. The van der Waals surface area contributed by atoms with Crippen molar-refractivity contribution < 1.29 is 4.74 Å². The normalized spacial score (nSPS) is 16.0. The smallest absolute Gasteiger partial charge is 0.0490 e. The third-order valence-electron chi connectivity index (χ3n) is 2.53. The van der Waals surface area contributed by atoms with Crippen LogP contribution in [0.4, 0.5) is 0 Å². The fourth-order valence-corrected chi connectivity index (χ4v) is 1.65. The molecule has 0 saturated heterocycles. The minimum atomic E-state index is 0.787. The van der Waals surface area contributed by atoms with Crippen LogP contribution < -0.4 is 0 Å². The lowest BCUT2D eigenvalue weighted by Crippen LogP contribution is -2.11. The fourth-order valence-electron chi connectivity index (χ4n) is 1.65. The largest absolute Gasteiger partial charge is 0.384 e. The number of methoxy groups -OCH3 is 1. The van der Waals surface area contributed by atoms with Crippen molar-refractivity contribution in [2.75, 3.05) is 13.7 Å². The number of hydrogen-bond donors (Lipinski definition) is 0. The summed E-state index contributed by atoms with van der Waals surface area (Å²) in [5.41, 5.74) is 0. The standard InChI is InChI=1S/C11H24O/c1-5-7-11(9-12-4)8-10(3)6-2/h10-11H,5-9H2,1-4H3. The Morgan fingerprint density at radius 3 is 2.33 bits per heavy atom. The average Bonchev–Trinajstić information content (AvgIpc) is 2.05. The van der Waals surface area contributed by atoms with Crippen molar-refractivity contribution in [1.82, 2.24) is 0 Å². The maximum Gasteiger partial charge on any atom is 0.0490 e. The summed E-state index contributed by atoms with van der Waals surface area (Å²) in [7, 11) is 1.80. The zero-order chi connectivity index (χ0) is 9.40. The van der Waals surface area contributed by atoms with Crippen LogP contribution in [0.1, 0.15) is 46.5 Å². The molecule has 0 bridgehead atoms. The second kappa shape index (κ2) is 7.60. The van der Waals surface area contributed by atoms with Crippen molar-refractivity contribution in [2.45, 2.75) is 46.5 Å². The molecule has 0 radical (unpaired) electrons. The van der Waals surface area contributed by atoms with E-state index in [1.165, 1.54) is 25.7 Å². The Labute approximate surface area is 77.5 Å². The lowest BCUT2D eigenvalue weighted by Gasteiger charge is -2.18. The zero-order valence-electron chi connectivity index (χ0n) is 9.10. The molecule has 0 aliphatic rings. The van der Waals surface area contributed by atoms with Crippen molar-refractivity contribution in [2.24, 2.45) is 11.8 Å². The van der Waals surface area contributed by atoms with Gasteiger partial charge >= 0.3 is 0 Å². The van der Waals surface area contributed by atoms with Crippen molar-refractivity contribution in [3.05, 3.63) is 0 Å². The Hall–Kier alpha value is -0.0400. The van der Waals surface area contributed by atoms with Gasteiger partial charge in [-0.1, -0.05) is 33.6 Å². The highest BCUT2D eigenvalue weighted by atomic mass is 16.5. The predicted molar refractivity (Wildman–Crippen MR) is 54.3 cm³/mol. The number of hydrogen-bond acceptors (Lipinski definition) is 1. The zero-order valence-corrected chi connectivity index (χ0v) is 9.10. The Morgan fingerprint density at radius 1 is 1.25 bits per heavy atom. The molecule has 0 N–H and O–H groups in total.